The van der Waals surface area contributed by atoms with Gasteiger partial charge >= 0.3 is 6.09 Å². The summed E-state index contributed by atoms with van der Waals surface area (Å²) in [5, 5.41) is 0. The zero-order chi connectivity index (χ0) is 19.7. The predicted octanol–water partition coefficient (Wildman–Crippen LogP) is 3.15. The number of piperidine rings is 1. The zero-order valence-electron chi connectivity index (χ0n) is 15.1. The van der Waals surface area contributed by atoms with Crippen LogP contribution < -0.4 is 0 Å². The van der Waals surface area contributed by atoms with Crippen LogP contribution in [0.5, 0.6) is 0 Å². The van der Waals surface area contributed by atoms with Gasteiger partial charge in [0.2, 0.25) is 0 Å². The number of hydrogen-bond donors (Lipinski definition) is 0. The Bertz CT molecular complexity index is 884. The second kappa shape index (κ2) is 7.61. The van der Waals surface area contributed by atoms with Crippen molar-refractivity contribution in [3.8, 4) is 11.1 Å². The average molecular weight is 387 g/mol. The summed E-state index contributed by atoms with van der Waals surface area (Å²) >= 11 is 0. The van der Waals surface area contributed by atoms with Crippen molar-refractivity contribution >= 4 is 11.9 Å². The van der Waals surface area contributed by atoms with E-state index >= 15 is 0 Å². The molecule has 4 rings (SSSR count). The summed E-state index contributed by atoms with van der Waals surface area (Å²) in [5.41, 5.74) is 0.823. The van der Waals surface area contributed by atoms with E-state index in [1.807, 2.05) is 0 Å². The van der Waals surface area contributed by atoms with Crippen LogP contribution in [0.4, 0.5) is 13.6 Å². The number of carbonyl (C=O) groups is 2. The number of ether oxygens (including phenoxy) is 1. The molecule has 8 heteroatoms. The number of rotatable bonds is 5. The molecular formula is C20H19F2N3O3. The zero-order valence-corrected chi connectivity index (χ0v) is 15.1. The Balaban J connectivity index is 1.34. The summed E-state index contributed by atoms with van der Waals surface area (Å²) in [6.07, 6.45) is 4.73. The molecule has 2 aromatic rings. The number of carbonyl (C=O) groups excluding carboxylic acids is 2. The quantitative estimate of drug-likeness (QED) is 0.788. The Hall–Kier alpha value is -2.90. The molecule has 28 heavy (non-hydrogen) atoms. The highest BCUT2D eigenvalue weighted by atomic mass is 19.1. The minimum absolute atomic E-state index is 0.0354. The fourth-order valence-electron chi connectivity index (χ4n) is 3.85. The van der Waals surface area contributed by atoms with Gasteiger partial charge in [-0.05, 0) is 36.5 Å². The molecule has 2 aliphatic rings. The maximum Gasteiger partial charge on any atom is 0.410 e. The van der Waals surface area contributed by atoms with E-state index in [1.54, 1.807) is 4.90 Å². The molecule has 2 fully saturated rings. The van der Waals surface area contributed by atoms with Crippen LogP contribution in [0, 0.1) is 17.6 Å². The van der Waals surface area contributed by atoms with Crippen LogP contribution >= 0.6 is 0 Å². The van der Waals surface area contributed by atoms with Gasteiger partial charge in [-0.25, -0.2) is 23.5 Å². The molecule has 0 saturated carbocycles. The lowest BCUT2D eigenvalue weighted by Gasteiger charge is -2.32. The number of halogens is 2. The molecule has 1 aromatic heterocycles. The molecule has 0 spiro atoms. The number of fused-ring (bicyclic) bond motifs is 1. The third-order valence-corrected chi connectivity index (χ3v) is 5.23. The van der Waals surface area contributed by atoms with Crippen LogP contribution in [0.15, 0.2) is 30.6 Å². The summed E-state index contributed by atoms with van der Waals surface area (Å²) in [7, 11) is 0. The van der Waals surface area contributed by atoms with Gasteiger partial charge < -0.3 is 9.64 Å². The topological polar surface area (TPSA) is 72.4 Å². The SMILES string of the molecule is O=C(Cc1ncc(-c2cc(F)cc(F)c2)cn1)CC1CCN2C(=O)OCC2C1. The Kier molecular flexibility index (Phi) is 5.02. The first kappa shape index (κ1) is 18.5. The van der Waals surface area contributed by atoms with Crippen LogP contribution in [0.25, 0.3) is 11.1 Å². The molecule has 2 saturated heterocycles. The Morgan fingerprint density at radius 1 is 1.14 bits per heavy atom. The van der Waals surface area contributed by atoms with E-state index in [-0.39, 0.29) is 30.3 Å². The van der Waals surface area contributed by atoms with E-state index < -0.39 is 11.6 Å². The van der Waals surface area contributed by atoms with Gasteiger partial charge in [0.25, 0.3) is 0 Å². The van der Waals surface area contributed by atoms with Crippen molar-refractivity contribution in [2.24, 2.45) is 5.92 Å². The van der Waals surface area contributed by atoms with Crippen LogP contribution in [-0.2, 0) is 16.0 Å². The normalized spacial score (nSPS) is 21.4. The smallest absolute Gasteiger partial charge is 0.410 e. The van der Waals surface area contributed by atoms with Crippen molar-refractivity contribution in [3.05, 3.63) is 48.1 Å². The number of ketones is 1. The highest BCUT2D eigenvalue weighted by Crippen LogP contribution is 2.30. The Morgan fingerprint density at radius 2 is 1.86 bits per heavy atom. The Labute approximate surface area is 160 Å². The summed E-state index contributed by atoms with van der Waals surface area (Å²) in [6, 6.07) is 3.28. The lowest BCUT2D eigenvalue weighted by molar-refractivity contribution is -0.119. The summed E-state index contributed by atoms with van der Waals surface area (Å²) in [6.45, 7) is 1.02. The van der Waals surface area contributed by atoms with Crippen LogP contribution in [0.1, 0.15) is 25.1 Å². The largest absolute Gasteiger partial charge is 0.447 e. The molecule has 2 atom stereocenters. The standard InChI is InChI=1S/C20H19F2N3O3/c21-15-5-13(6-16(22)7-15)14-9-23-19(24-10-14)8-18(26)4-12-1-2-25-17(3-12)11-28-20(25)27/h5-7,9-10,12,17H,1-4,8,11H2. The maximum absolute atomic E-state index is 13.3. The molecule has 2 unspecified atom stereocenters. The van der Waals surface area contributed by atoms with E-state index in [2.05, 4.69) is 9.97 Å². The second-order valence-electron chi connectivity index (χ2n) is 7.28. The van der Waals surface area contributed by atoms with Gasteiger partial charge in [0.05, 0.1) is 12.5 Å². The second-order valence-corrected chi connectivity index (χ2v) is 7.28. The number of nitrogens with zero attached hydrogens (tertiary/aromatic N) is 3. The molecule has 6 nitrogen and oxygen atoms in total. The fraction of sp³-hybridized carbons (Fsp3) is 0.400. The third kappa shape index (κ3) is 4.00. The van der Waals surface area contributed by atoms with Crippen molar-refractivity contribution < 1.29 is 23.1 Å². The van der Waals surface area contributed by atoms with Gasteiger partial charge in [-0.3, -0.25) is 4.79 Å². The summed E-state index contributed by atoms with van der Waals surface area (Å²) in [4.78, 5) is 34.0. The number of cyclic esters (lactones) is 1. The first-order chi connectivity index (χ1) is 13.5. The number of benzene rings is 1. The molecule has 0 aliphatic carbocycles. The van der Waals surface area contributed by atoms with Crippen LogP contribution in [-0.4, -0.2) is 45.9 Å². The third-order valence-electron chi connectivity index (χ3n) is 5.23. The van der Waals surface area contributed by atoms with Crippen LogP contribution in [0.2, 0.25) is 0 Å². The average Bonchev–Trinajstić information content (AvgIpc) is 3.02. The number of hydrogen-bond acceptors (Lipinski definition) is 5. The van der Waals surface area contributed by atoms with Gasteiger partial charge in [0.15, 0.2) is 0 Å². The van der Waals surface area contributed by atoms with E-state index in [1.165, 1.54) is 24.5 Å². The lowest BCUT2D eigenvalue weighted by atomic mass is 9.87. The monoisotopic (exact) mass is 387 g/mol. The van der Waals surface area contributed by atoms with Crippen molar-refractivity contribution in [2.45, 2.75) is 31.7 Å². The first-order valence-electron chi connectivity index (χ1n) is 9.20. The van der Waals surface area contributed by atoms with Gasteiger partial charge in [0, 0.05) is 37.0 Å². The highest BCUT2D eigenvalue weighted by molar-refractivity contribution is 5.80. The minimum Gasteiger partial charge on any atom is -0.447 e. The lowest BCUT2D eigenvalue weighted by Crippen LogP contribution is -2.41. The van der Waals surface area contributed by atoms with Gasteiger partial charge in [-0.2, -0.15) is 0 Å². The number of amides is 1. The Morgan fingerprint density at radius 3 is 2.57 bits per heavy atom. The van der Waals surface area contributed by atoms with Gasteiger partial charge in [-0.15, -0.1) is 0 Å². The van der Waals surface area contributed by atoms with Crippen molar-refractivity contribution in [2.75, 3.05) is 13.2 Å². The fourth-order valence-corrected chi connectivity index (χ4v) is 3.85. The molecule has 1 aromatic carbocycles. The van der Waals surface area contributed by atoms with E-state index in [0.717, 1.165) is 18.9 Å². The molecule has 0 radical (unpaired) electrons. The van der Waals surface area contributed by atoms with Crippen molar-refractivity contribution in [1.29, 1.82) is 0 Å². The number of aromatic nitrogens is 2. The van der Waals surface area contributed by atoms with Crippen molar-refractivity contribution in [1.82, 2.24) is 14.9 Å². The van der Waals surface area contributed by atoms with Crippen molar-refractivity contribution in [3.63, 3.8) is 0 Å². The van der Waals surface area contributed by atoms with Gasteiger partial charge in [-0.1, -0.05) is 0 Å². The molecule has 0 bridgehead atoms. The molecule has 3 heterocycles. The molecule has 1 amide bonds. The van der Waals surface area contributed by atoms with E-state index in [4.69, 9.17) is 4.74 Å². The summed E-state index contributed by atoms with van der Waals surface area (Å²) in [5.74, 6) is -0.710. The first-order valence-corrected chi connectivity index (χ1v) is 9.20. The van der Waals surface area contributed by atoms with Gasteiger partial charge in [0.1, 0.15) is 29.8 Å². The predicted molar refractivity (Wildman–Crippen MR) is 95.3 cm³/mol. The van der Waals surface area contributed by atoms with Crippen LogP contribution in [0.3, 0.4) is 0 Å². The molecule has 0 N–H and O–H groups in total. The van der Waals surface area contributed by atoms with E-state index in [9.17, 15) is 18.4 Å². The number of Topliss-reactive ketones (excluding diaryl/α,β-unsaturated/α-hetero) is 1. The molecular weight excluding hydrogens is 368 g/mol. The van der Waals surface area contributed by atoms with E-state index in [0.29, 0.717) is 36.5 Å². The highest BCUT2D eigenvalue weighted by Gasteiger charge is 2.38. The minimum atomic E-state index is -0.672. The summed E-state index contributed by atoms with van der Waals surface area (Å²) < 4.78 is 31.7. The molecule has 146 valence electrons. The maximum atomic E-state index is 13.3. The molecule has 2 aliphatic heterocycles.